The molecule has 2 atom stereocenters. The number of allylic oxidation sites excluding steroid dienone is 4. The van der Waals surface area contributed by atoms with Crippen LogP contribution in [0.5, 0.6) is 0 Å². The van der Waals surface area contributed by atoms with Gasteiger partial charge in [0.2, 0.25) is 0 Å². The zero-order valence-corrected chi connectivity index (χ0v) is 4.39. The van der Waals surface area contributed by atoms with Crippen LogP contribution in [0.3, 0.4) is 0 Å². The van der Waals surface area contributed by atoms with Gasteiger partial charge in [-0.1, -0.05) is 25.2 Å². The van der Waals surface area contributed by atoms with Gasteiger partial charge in [-0.2, -0.15) is 0 Å². The normalized spacial score (nSPS) is 43.3. The summed E-state index contributed by atoms with van der Waals surface area (Å²) in [6.45, 7) is 2.26. The number of hydrogen-bond acceptors (Lipinski definition) is 0. The van der Waals surface area contributed by atoms with Crippen molar-refractivity contribution < 1.29 is 0 Å². The van der Waals surface area contributed by atoms with Gasteiger partial charge in [-0.3, -0.25) is 0 Å². The van der Waals surface area contributed by atoms with Crippen LogP contribution >= 0.6 is 0 Å². The molecule has 0 heterocycles. The van der Waals surface area contributed by atoms with Crippen molar-refractivity contribution in [1.82, 2.24) is 0 Å². The summed E-state index contributed by atoms with van der Waals surface area (Å²) in [5.74, 6) is 1.68. The standard InChI is InChI=1S/C7H8/c1-5-2-3-6-4-7(5)6/h2-5,7H,1H3/t5-,7?/m1/s1. The number of fused-ring (bicyclic) bond motifs is 1. The minimum atomic E-state index is 0.815. The first kappa shape index (κ1) is 3.48. The molecule has 0 bridgehead atoms. The lowest BCUT2D eigenvalue weighted by Gasteiger charge is -1.94. The fourth-order valence-corrected chi connectivity index (χ4v) is 1.16. The van der Waals surface area contributed by atoms with E-state index in [-0.39, 0.29) is 0 Å². The molecular weight excluding hydrogens is 84.1 g/mol. The first-order valence-corrected chi connectivity index (χ1v) is 2.78. The van der Waals surface area contributed by atoms with Gasteiger partial charge in [0.25, 0.3) is 0 Å². The second-order valence-electron chi connectivity index (χ2n) is 2.41. The molecule has 0 aromatic heterocycles. The van der Waals surface area contributed by atoms with E-state index in [1.165, 1.54) is 0 Å². The molecule has 0 saturated heterocycles. The molecule has 0 spiro atoms. The second-order valence-corrected chi connectivity index (χ2v) is 2.41. The predicted octanol–water partition coefficient (Wildman–Crippen LogP) is 1.75. The first-order chi connectivity index (χ1) is 3.38. The fraction of sp³-hybridized carbons (Fsp3) is 0.429. The van der Waals surface area contributed by atoms with Gasteiger partial charge >= 0.3 is 0 Å². The van der Waals surface area contributed by atoms with Crippen LogP contribution in [0.4, 0.5) is 0 Å². The monoisotopic (exact) mass is 92.1 g/mol. The second kappa shape index (κ2) is 0.835. The minimum absolute atomic E-state index is 0.815. The predicted molar refractivity (Wildman–Crippen MR) is 29.9 cm³/mol. The summed E-state index contributed by atoms with van der Waals surface area (Å²) in [4.78, 5) is 0. The van der Waals surface area contributed by atoms with E-state index in [0.717, 1.165) is 11.8 Å². The molecule has 1 unspecified atom stereocenters. The maximum atomic E-state index is 2.32. The quantitative estimate of drug-likeness (QED) is 0.427. The molecule has 36 valence electrons. The third kappa shape index (κ3) is 0.317. The zero-order valence-electron chi connectivity index (χ0n) is 4.39. The largest absolute Gasteiger partial charge is 0.0805 e. The van der Waals surface area contributed by atoms with Crippen LogP contribution in [0.15, 0.2) is 23.8 Å². The third-order valence-corrected chi connectivity index (χ3v) is 1.81. The van der Waals surface area contributed by atoms with Crippen molar-refractivity contribution in [2.75, 3.05) is 0 Å². The summed E-state index contributed by atoms with van der Waals surface area (Å²) in [5.41, 5.74) is 1.56. The van der Waals surface area contributed by atoms with Gasteiger partial charge < -0.3 is 0 Å². The van der Waals surface area contributed by atoms with Gasteiger partial charge in [-0.15, -0.1) is 0 Å². The summed E-state index contributed by atoms with van der Waals surface area (Å²) < 4.78 is 0. The average Bonchev–Trinajstić information content (AvgIpc) is 2.33. The van der Waals surface area contributed by atoms with E-state index in [2.05, 4.69) is 25.2 Å². The molecule has 0 fully saturated rings. The molecule has 0 nitrogen and oxygen atoms in total. The Bertz CT molecular complexity index is 151. The molecule has 0 aromatic carbocycles. The molecular formula is C7H8. The van der Waals surface area contributed by atoms with Gasteiger partial charge in [-0.25, -0.2) is 0 Å². The summed E-state index contributed by atoms with van der Waals surface area (Å²) in [7, 11) is 0. The van der Waals surface area contributed by atoms with Crippen molar-refractivity contribution in [1.29, 1.82) is 0 Å². The van der Waals surface area contributed by atoms with Crippen LogP contribution in [0.25, 0.3) is 0 Å². The molecule has 0 radical (unpaired) electrons. The van der Waals surface area contributed by atoms with E-state index in [1.807, 2.05) is 0 Å². The Kier molecular flexibility index (Phi) is 0.415. The average molecular weight is 92.1 g/mol. The van der Waals surface area contributed by atoms with Crippen molar-refractivity contribution in [3.8, 4) is 0 Å². The van der Waals surface area contributed by atoms with Crippen molar-refractivity contribution >= 4 is 0 Å². The summed E-state index contributed by atoms with van der Waals surface area (Å²) in [6, 6.07) is 0. The lowest BCUT2D eigenvalue weighted by atomic mass is 10.1. The van der Waals surface area contributed by atoms with Crippen LogP contribution in [-0.4, -0.2) is 0 Å². The Hall–Kier alpha value is -0.520. The molecule has 0 amide bonds. The maximum Gasteiger partial charge on any atom is 0.00812 e. The highest BCUT2D eigenvalue weighted by molar-refractivity contribution is 5.46. The molecule has 7 heavy (non-hydrogen) atoms. The fourth-order valence-electron chi connectivity index (χ4n) is 1.16. The molecule has 0 heteroatoms. The summed E-state index contributed by atoms with van der Waals surface area (Å²) in [5, 5.41) is 0. The van der Waals surface area contributed by atoms with Gasteiger partial charge in [0.1, 0.15) is 0 Å². The minimum Gasteiger partial charge on any atom is -0.0805 e. The highest BCUT2D eigenvalue weighted by atomic mass is 14.3. The molecule has 2 aliphatic carbocycles. The molecule has 0 aromatic rings. The van der Waals surface area contributed by atoms with E-state index in [4.69, 9.17) is 0 Å². The van der Waals surface area contributed by atoms with Crippen LogP contribution in [0.2, 0.25) is 0 Å². The van der Waals surface area contributed by atoms with Crippen LogP contribution < -0.4 is 0 Å². The maximum absolute atomic E-state index is 2.32. The first-order valence-electron chi connectivity index (χ1n) is 2.78. The molecule has 2 aliphatic rings. The Morgan fingerprint density at radius 3 is 2.57 bits per heavy atom. The molecule has 0 aliphatic heterocycles. The molecule has 0 saturated carbocycles. The number of hydrogen-bond donors (Lipinski definition) is 0. The summed E-state index contributed by atoms with van der Waals surface area (Å²) in [6.07, 6.45) is 6.83. The van der Waals surface area contributed by atoms with Crippen LogP contribution in [0.1, 0.15) is 6.92 Å². The Balaban J connectivity index is 2.31. The lowest BCUT2D eigenvalue weighted by molar-refractivity contribution is 0.685. The molecule has 2 rings (SSSR count). The van der Waals surface area contributed by atoms with Crippen molar-refractivity contribution in [2.24, 2.45) is 11.8 Å². The van der Waals surface area contributed by atoms with Gasteiger partial charge in [-0.05, 0) is 11.5 Å². The Labute approximate surface area is 43.5 Å². The van der Waals surface area contributed by atoms with E-state index in [1.54, 1.807) is 5.57 Å². The smallest absolute Gasteiger partial charge is 0.00812 e. The van der Waals surface area contributed by atoms with Crippen LogP contribution in [0, 0.1) is 11.8 Å². The van der Waals surface area contributed by atoms with E-state index in [9.17, 15) is 0 Å². The molecule has 0 N–H and O–H groups in total. The van der Waals surface area contributed by atoms with Gasteiger partial charge in [0.15, 0.2) is 0 Å². The van der Waals surface area contributed by atoms with E-state index >= 15 is 0 Å². The van der Waals surface area contributed by atoms with Crippen molar-refractivity contribution in [3.63, 3.8) is 0 Å². The Morgan fingerprint density at radius 2 is 2.43 bits per heavy atom. The summed E-state index contributed by atoms with van der Waals surface area (Å²) >= 11 is 0. The van der Waals surface area contributed by atoms with Crippen LogP contribution in [-0.2, 0) is 0 Å². The lowest BCUT2D eigenvalue weighted by Crippen LogP contribution is -1.87. The highest BCUT2D eigenvalue weighted by Crippen LogP contribution is 2.42. The van der Waals surface area contributed by atoms with Crippen molar-refractivity contribution in [2.45, 2.75) is 6.92 Å². The van der Waals surface area contributed by atoms with E-state index in [0.29, 0.717) is 0 Å². The van der Waals surface area contributed by atoms with E-state index < -0.39 is 0 Å². The third-order valence-electron chi connectivity index (χ3n) is 1.81. The van der Waals surface area contributed by atoms with Gasteiger partial charge in [0, 0.05) is 5.92 Å². The van der Waals surface area contributed by atoms with Crippen molar-refractivity contribution in [3.05, 3.63) is 23.8 Å². The highest BCUT2D eigenvalue weighted by Gasteiger charge is 2.30. The Morgan fingerprint density at radius 1 is 1.57 bits per heavy atom. The number of rotatable bonds is 0. The van der Waals surface area contributed by atoms with Gasteiger partial charge in [0.05, 0.1) is 0 Å². The SMILES string of the molecule is C[C@@H]1C=CC2=CC21. The topological polar surface area (TPSA) is 0 Å². The zero-order chi connectivity index (χ0) is 4.85.